The molecule has 1 aliphatic rings. The van der Waals surface area contributed by atoms with Gasteiger partial charge < -0.3 is 10.6 Å². The van der Waals surface area contributed by atoms with Crippen LogP contribution in [0.4, 0.5) is 5.69 Å². The SMILES string of the molecule is CC(C)NC(=O)C1(C(=O)Nc2ccc(Br)cc2)CC1. The number of nitrogens with one attached hydrogen (secondary N) is 2. The summed E-state index contributed by atoms with van der Waals surface area (Å²) in [6.07, 6.45) is 1.24. The first-order valence-electron chi connectivity index (χ1n) is 6.32. The maximum Gasteiger partial charge on any atom is 0.240 e. The molecule has 2 amide bonds. The second kappa shape index (κ2) is 5.33. The highest BCUT2D eigenvalue weighted by Gasteiger charge is 2.56. The van der Waals surface area contributed by atoms with Crippen LogP contribution in [0.25, 0.3) is 0 Å². The highest BCUT2D eigenvalue weighted by Crippen LogP contribution is 2.46. The summed E-state index contributed by atoms with van der Waals surface area (Å²) >= 11 is 3.34. The van der Waals surface area contributed by atoms with Gasteiger partial charge in [0.15, 0.2) is 0 Å². The maximum atomic E-state index is 12.2. The average molecular weight is 325 g/mol. The van der Waals surface area contributed by atoms with E-state index in [1.165, 1.54) is 0 Å². The summed E-state index contributed by atoms with van der Waals surface area (Å²) in [5.74, 6) is -0.384. The fraction of sp³-hybridized carbons (Fsp3) is 0.429. The van der Waals surface area contributed by atoms with Gasteiger partial charge in [-0.2, -0.15) is 0 Å². The van der Waals surface area contributed by atoms with Crippen molar-refractivity contribution in [3.8, 4) is 0 Å². The van der Waals surface area contributed by atoms with Gasteiger partial charge in [-0.25, -0.2) is 0 Å². The minimum atomic E-state index is -0.864. The molecule has 0 spiro atoms. The fourth-order valence-electron chi connectivity index (χ4n) is 1.87. The van der Waals surface area contributed by atoms with Crippen LogP contribution in [0.5, 0.6) is 0 Å². The minimum Gasteiger partial charge on any atom is -0.353 e. The molecule has 0 radical (unpaired) electrons. The number of anilines is 1. The molecule has 1 saturated carbocycles. The molecule has 1 aromatic carbocycles. The van der Waals surface area contributed by atoms with Crippen LogP contribution >= 0.6 is 15.9 Å². The molecule has 102 valence electrons. The number of carbonyl (C=O) groups is 2. The topological polar surface area (TPSA) is 58.2 Å². The Hall–Kier alpha value is -1.36. The molecule has 5 heteroatoms. The molecule has 1 aliphatic carbocycles. The highest BCUT2D eigenvalue weighted by molar-refractivity contribution is 9.10. The molecular formula is C14H17BrN2O2. The van der Waals surface area contributed by atoms with Gasteiger partial charge in [0.25, 0.3) is 0 Å². The number of benzene rings is 1. The number of hydrogen-bond donors (Lipinski definition) is 2. The molecule has 2 N–H and O–H groups in total. The van der Waals surface area contributed by atoms with Crippen molar-refractivity contribution in [2.75, 3.05) is 5.32 Å². The Morgan fingerprint density at radius 1 is 1.16 bits per heavy atom. The second-order valence-corrected chi connectivity index (χ2v) is 6.09. The molecule has 19 heavy (non-hydrogen) atoms. The number of carbonyl (C=O) groups excluding carboxylic acids is 2. The lowest BCUT2D eigenvalue weighted by molar-refractivity contribution is -0.134. The van der Waals surface area contributed by atoms with Crippen molar-refractivity contribution < 1.29 is 9.59 Å². The lowest BCUT2D eigenvalue weighted by atomic mass is 10.0. The Balaban J connectivity index is 2.03. The lowest BCUT2D eigenvalue weighted by Gasteiger charge is -2.17. The minimum absolute atomic E-state index is 0.0467. The first-order chi connectivity index (χ1) is 8.94. The molecule has 0 saturated heterocycles. The zero-order chi connectivity index (χ0) is 14.0. The molecule has 0 aromatic heterocycles. The Labute approximate surface area is 121 Å². The van der Waals surface area contributed by atoms with Crippen LogP contribution in [0.15, 0.2) is 28.7 Å². The normalized spacial score (nSPS) is 16.0. The van der Waals surface area contributed by atoms with E-state index in [9.17, 15) is 9.59 Å². The molecule has 0 bridgehead atoms. The van der Waals surface area contributed by atoms with E-state index in [2.05, 4.69) is 26.6 Å². The fourth-order valence-corrected chi connectivity index (χ4v) is 2.13. The summed E-state index contributed by atoms with van der Waals surface area (Å²) in [4.78, 5) is 24.3. The zero-order valence-electron chi connectivity index (χ0n) is 11.0. The summed E-state index contributed by atoms with van der Waals surface area (Å²) < 4.78 is 0.948. The lowest BCUT2D eigenvalue weighted by Crippen LogP contribution is -2.42. The van der Waals surface area contributed by atoms with Crippen molar-refractivity contribution in [1.82, 2.24) is 5.32 Å². The summed E-state index contributed by atoms with van der Waals surface area (Å²) in [5, 5.41) is 5.62. The summed E-state index contributed by atoms with van der Waals surface area (Å²) in [7, 11) is 0. The largest absolute Gasteiger partial charge is 0.353 e. The van der Waals surface area contributed by atoms with E-state index in [1.807, 2.05) is 26.0 Å². The van der Waals surface area contributed by atoms with Gasteiger partial charge in [-0.15, -0.1) is 0 Å². The molecule has 1 aromatic rings. The van der Waals surface area contributed by atoms with Gasteiger partial charge in [0.1, 0.15) is 5.41 Å². The number of hydrogen-bond acceptors (Lipinski definition) is 2. The van der Waals surface area contributed by atoms with Crippen molar-refractivity contribution in [3.05, 3.63) is 28.7 Å². The Morgan fingerprint density at radius 3 is 2.21 bits per heavy atom. The molecule has 0 unspecified atom stereocenters. The van der Waals surface area contributed by atoms with Crippen molar-refractivity contribution in [2.24, 2.45) is 5.41 Å². The number of rotatable bonds is 4. The first-order valence-corrected chi connectivity index (χ1v) is 7.11. The molecule has 0 heterocycles. The average Bonchev–Trinajstić information content (AvgIpc) is 3.12. The van der Waals surface area contributed by atoms with E-state index in [0.717, 1.165) is 4.47 Å². The van der Waals surface area contributed by atoms with Gasteiger partial charge in [0.2, 0.25) is 11.8 Å². The van der Waals surface area contributed by atoms with E-state index >= 15 is 0 Å². The Kier molecular flexibility index (Phi) is 3.94. The first kappa shape index (κ1) is 14.1. The molecule has 1 fully saturated rings. The van der Waals surface area contributed by atoms with Gasteiger partial charge in [0, 0.05) is 16.2 Å². The number of amides is 2. The van der Waals surface area contributed by atoms with E-state index in [4.69, 9.17) is 0 Å². The van der Waals surface area contributed by atoms with Crippen molar-refractivity contribution in [3.63, 3.8) is 0 Å². The molecule has 0 aliphatic heterocycles. The van der Waals surface area contributed by atoms with Gasteiger partial charge >= 0.3 is 0 Å². The van der Waals surface area contributed by atoms with Crippen LogP contribution in [0.1, 0.15) is 26.7 Å². The quantitative estimate of drug-likeness (QED) is 0.836. The highest BCUT2D eigenvalue weighted by atomic mass is 79.9. The van der Waals surface area contributed by atoms with E-state index in [0.29, 0.717) is 18.5 Å². The standard InChI is InChI=1S/C14H17BrN2O2/c1-9(2)16-12(18)14(7-8-14)13(19)17-11-5-3-10(15)4-6-11/h3-6,9H,7-8H2,1-2H3,(H,16,18)(H,17,19). The van der Waals surface area contributed by atoms with Crippen molar-refractivity contribution in [2.45, 2.75) is 32.7 Å². The van der Waals surface area contributed by atoms with E-state index in [-0.39, 0.29) is 17.9 Å². The second-order valence-electron chi connectivity index (χ2n) is 5.17. The third kappa shape index (κ3) is 3.15. The van der Waals surface area contributed by atoms with Crippen LogP contribution in [-0.2, 0) is 9.59 Å². The summed E-state index contributed by atoms with van der Waals surface area (Å²) in [6, 6.07) is 7.36. The Morgan fingerprint density at radius 2 is 1.74 bits per heavy atom. The van der Waals surface area contributed by atoms with Gasteiger partial charge in [-0.1, -0.05) is 15.9 Å². The van der Waals surface area contributed by atoms with Gasteiger partial charge in [-0.3, -0.25) is 9.59 Å². The van der Waals surface area contributed by atoms with Crippen LogP contribution < -0.4 is 10.6 Å². The van der Waals surface area contributed by atoms with Crippen LogP contribution in [0, 0.1) is 5.41 Å². The van der Waals surface area contributed by atoms with E-state index in [1.54, 1.807) is 12.1 Å². The summed E-state index contributed by atoms with van der Waals surface area (Å²) in [5.41, 5.74) is -0.158. The maximum absolute atomic E-state index is 12.2. The predicted octanol–water partition coefficient (Wildman–Crippen LogP) is 2.69. The number of halogens is 1. The van der Waals surface area contributed by atoms with Crippen LogP contribution in [0.2, 0.25) is 0 Å². The Bertz CT molecular complexity index is 493. The van der Waals surface area contributed by atoms with E-state index < -0.39 is 5.41 Å². The zero-order valence-corrected chi connectivity index (χ0v) is 12.6. The van der Waals surface area contributed by atoms with Crippen molar-refractivity contribution >= 4 is 33.4 Å². The molecule has 2 rings (SSSR count). The van der Waals surface area contributed by atoms with Crippen LogP contribution in [0.3, 0.4) is 0 Å². The third-order valence-corrected chi connectivity index (χ3v) is 3.67. The van der Waals surface area contributed by atoms with Crippen molar-refractivity contribution in [1.29, 1.82) is 0 Å². The van der Waals surface area contributed by atoms with Gasteiger partial charge in [0.05, 0.1) is 0 Å². The van der Waals surface area contributed by atoms with Crippen LogP contribution in [-0.4, -0.2) is 17.9 Å². The molecule has 4 nitrogen and oxygen atoms in total. The van der Waals surface area contributed by atoms with Gasteiger partial charge in [-0.05, 0) is 51.0 Å². The smallest absolute Gasteiger partial charge is 0.240 e. The monoisotopic (exact) mass is 324 g/mol. The molecule has 0 atom stereocenters. The molecular weight excluding hydrogens is 308 g/mol. The predicted molar refractivity (Wildman–Crippen MR) is 77.7 cm³/mol. The summed E-state index contributed by atoms with van der Waals surface area (Å²) in [6.45, 7) is 3.78. The third-order valence-electron chi connectivity index (χ3n) is 3.14.